The lowest BCUT2D eigenvalue weighted by Gasteiger charge is -2.73. The van der Waals surface area contributed by atoms with Gasteiger partial charge in [-0.1, -0.05) is 46.8 Å². The van der Waals surface area contributed by atoms with Crippen molar-refractivity contribution in [2.75, 3.05) is 20.1 Å². The molecule has 7 nitrogen and oxygen atoms in total. The van der Waals surface area contributed by atoms with Gasteiger partial charge in [0.2, 0.25) is 5.91 Å². The predicted molar refractivity (Wildman–Crippen MR) is 194 cm³/mol. The summed E-state index contributed by atoms with van der Waals surface area (Å²) in [5.74, 6) is 1.70. The molecule has 1 saturated heterocycles. The van der Waals surface area contributed by atoms with Crippen molar-refractivity contribution in [3.63, 3.8) is 0 Å². The van der Waals surface area contributed by atoms with E-state index in [0.717, 1.165) is 51.6 Å². The molecule has 0 aromatic heterocycles. The normalized spacial score (nSPS) is 44.3. The first-order valence-corrected chi connectivity index (χ1v) is 19.8. The third kappa shape index (κ3) is 5.64. The Balaban J connectivity index is 1.24. The molecule has 1 amide bonds. The van der Waals surface area contributed by atoms with Crippen LogP contribution >= 0.6 is 0 Å². The number of likely N-dealkylation sites (tertiary alicyclic amines) is 1. The van der Waals surface area contributed by atoms with Crippen LogP contribution in [0.4, 0.5) is 0 Å². The summed E-state index contributed by atoms with van der Waals surface area (Å²) in [7, 11) is 2.02. The lowest BCUT2D eigenvalue weighted by molar-refractivity contribution is -0.250. The van der Waals surface area contributed by atoms with E-state index in [1.807, 2.05) is 7.05 Å². The van der Waals surface area contributed by atoms with Gasteiger partial charge in [0.1, 0.15) is 6.10 Å². The number of hydrogen-bond donors (Lipinski definition) is 2. The van der Waals surface area contributed by atoms with Gasteiger partial charge in [-0.3, -0.25) is 14.4 Å². The van der Waals surface area contributed by atoms with E-state index in [-0.39, 0.29) is 45.6 Å². The van der Waals surface area contributed by atoms with Crippen LogP contribution in [0.15, 0.2) is 12.2 Å². The fourth-order valence-electron chi connectivity index (χ4n) is 14.0. The number of nitrogens with zero attached hydrogens (tertiary/aromatic N) is 1. The Morgan fingerprint density at radius 3 is 2.24 bits per heavy atom. The minimum absolute atomic E-state index is 0.0893. The molecule has 11 atom stereocenters. The van der Waals surface area contributed by atoms with Gasteiger partial charge < -0.3 is 20.1 Å². The highest BCUT2D eigenvalue weighted by atomic mass is 16.5. The molecule has 2 N–H and O–H groups in total. The van der Waals surface area contributed by atoms with Crippen molar-refractivity contribution in [3.8, 4) is 0 Å². The molecular weight excluding hydrogens is 612 g/mol. The number of esters is 1. The molecule has 0 bridgehead atoms. The van der Waals surface area contributed by atoms with Gasteiger partial charge in [0.15, 0.2) is 0 Å². The fraction of sp³-hybridized carbons (Fsp3) is 0.881. The zero-order valence-corrected chi connectivity index (χ0v) is 32.4. The van der Waals surface area contributed by atoms with Crippen molar-refractivity contribution in [1.82, 2.24) is 10.2 Å². The number of carboxylic acids is 1. The molecule has 0 aromatic carbocycles. The first-order valence-electron chi connectivity index (χ1n) is 19.8. The smallest absolute Gasteiger partial charge is 0.309 e. The number of carbonyl (C=O) groups excluding carboxylic acids is 2. The van der Waals surface area contributed by atoms with E-state index < -0.39 is 11.4 Å². The predicted octanol–water partition coefficient (Wildman–Crippen LogP) is 8.27. The second-order valence-corrected chi connectivity index (χ2v) is 20.0. The number of aliphatic carboxylic acids is 1. The van der Waals surface area contributed by atoms with Crippen molar-refractivity contribution in [3.05, 3.63) is 12.2 Å². The maximum atomic E-state index is 14.0. The summed E-state index contributed by atoms with van der Waals surface area (Å²) in [5, 5.41) is 13.0. The van der Waals surface area contributed by atoms with Crippen LogP contribution in [0.3, 0.4) is 0 Å². The van der Waals surface area contributed by atoms with Gasteiger partial charge in [-0.05, 0) is 150 Å². The summed E-state index contributed by atoms with van der Waals surface area (Å²) in [6, 6.07) is 0.418. The van der Waals surface area contributed by atoms with Gasteiger partial charge in [-0.2, -0.15) is 0 Å². The molecule has 5 aliphatic carbocycles. The van der Waals surface area contributed by atoms with Gasteiger partial charge in [-0.15, -0.1) is 0 Å². The highest BCUT2D eigenvalue weighted by Crippen LogP contribution is 2.78. The molecule has 0 spiro atoms. The van der Waals surface area contributed by atoms with Gasteiger partial charge >= 0.3 is 11.9 Å². The van der Waals surface area contributed by atoms with E-state index in [9.17, 15) is 19.5 Å². The number of rotatable bonds is 8. The fourth-order valence-corrected chi connectivity index (χ4v) is 14.0. The molecule has 6 rings (SSSR count). The molecule has 0 radical (unpaired) electrons. The topological polar surface area (TPSA) is 95.9 Å². The Labute approximate surface area is 297 Å². The summed E-state index contributed by atoms with van der Waals surface area (Å²) >= 11 is 0. The van der Waals surface area contributed by atoms with Gasteiger partial charge in [-0.25, -0.2) is 0 Å². The summed E-state index contributed by atoms with van der Waals surface area (Å²) in [4.78, 5) is 40.9. The summed E-state index contributed by atoms with van der Waals surface area (Å²) in [5.41, 5.74) is 0.661. The molecule has 1 heterocycles. The average molecular weight is 681 g/mol. The zero-order chi connectivity index (χ0) is 35.9. The van der Waals surface area contributed by atoms with Crippen LogP contribution in [0, 0.1) is 62.1 Å². The summed E-state index contributed by atoms with van der Waals surface area (Å²) in [6.45, 7) is 24.3. The monoisotopic (exact) mass is 681 g/mol. The second-order valence-electron chi connectivity index (χ2n) is 20.0. The molecule has 6 fully saturated rings. The molecular formula is C42H68N2O5. The maximum Gasteiger partial charge on any atom is 0.309 e. The standard InChI is InChI=1S/C42H68N2O5/c1-26(2)28-13-19-42(23-33(45)44-22-16-27(25-44)43-10)21-20-40(8)29(35(28)42)11-12-31-39(7)17-15-32(49-34(46)24-37(3,4)36(47)48)38(5,6)30(39)14-18-41(31,40)9/h27-32,35,43H,1,11-25H2,2-10H3,(H,47,48)/t27-,28?,29-,30+,31-,32+,35-,39+,40-,41-,42-/m1/s1. The number of carboxylic acid groups (broad SMARTS) is 1. The van der Waals surface area contributed by atoms with Crippen LogP contribution in [0.5, 0.6) is 0 Å². The van der Waals surface area contributed by atoms with Gasteiger partial charge in [0.25, 0.3) is 0 Å². The number of amides is 1. The molecule has 6 aliphatic rings. The lowest BCUT2D eigenvalue weighted by atomic mass is 9.32. The number of nitrogens with one attached hydrogen (secondary N) is 1. The van der Waals surface area contributed by atoms with E-state index >= 15 is 0 Å². The van der Waals surface area contributed by atoms with Crippen LogP contribution in [-0.2, 0) is 19.1 Å². The molecule has 276 valence electrons. The molecule has 5 saturated carbocycles. The lowest BCUT2D eigenvalue weighted by Crippen LogP contribution is -2.67. The average Bonchev–Trinajstić information content (AvgIpc) is 3.64. The minimum Gasteiger partial charge on any atom is -0.481 e. The Hall–Kier alpha value is -1.89. The quantitative estimate of drug-likeness (QED) is 0.198. The largest absolute Gasteiger partial charge is 0.481 e. The Kier molecular flexibility index (Phi) is 9.31. The Morgan fingerprint density at radius 1 is 0.898 bits per heavy atom. The van der Waals surface area contributed by atoms with Crippen molar-refractivity contribution in [1.29, 1.82) is 0 Å². The molecule has 0 aromatic rings. The highest BCUT2D eigenvalue weighted by Gasteiger charge is 2.71. The molecule has 7 heteroatoms. The number of hydrogen-bond acceptors (Lipinski definition) is 5. The van der Waals surface area contributed by atoms with E-state index in [1.54, 1.807) is 13.8 Å². The maximum absolute atomic E-state index is 14.0. The number of likely N-dealkylation sites (N-methyl/N-ethyl adjacent to an activating group) is 1. The number of ether oxygens (including phenoxy) is 1. The van der Waals surface area contributed by atoms with Crippen molar-refractivity contribution in [2.45, 2.75) is 151 Å². The van der Waals surface area contributed by atoms with Gasteiger partial charge in [0.05, 0.1) is 11.8 Å². The third-order valence-electron chi connectivity index (χ3n) is 17.1. The summed E-state index contributed by atoms with van der Waals surface area (Å²) < 4.78 is 6.18. The van der Waals surface area contributed by atoms with Crippen LogP contribution in [0.1, 0.15) is 139 Å². The number of carbonyl (C=O) groups is 3. The minimum atomic E-state index is -1.14. The van der Waals surface area contributed by atoms with E-state index in [4.69, 9.17) is 4.74 Å². The Bertz CT molecular complexity index is 1360. The Morgan fingerprint density at radius 2 is 1.61 bits per heavy atom. The summed E-state index contributed by atoms with van der Waals surface area (Å²) in [6.07, 6.45) is 12.8. The van der Waals surface area contributed by atoms with E-state index in [1.165, 1.54) is 37.7 Å². The highest BCUT2D eigenvalue weighted by molar-refractivity contribution is 5.81. The zero-order valence-electron chi connectivity index (χ0n) is 32.4. The third-order valence-corrected chi connectivity index (χ3v) is 17.1. The van der Waals surface area contributed by atoms with E-state index in [2.05, 4.69) is 58.3 Å². The van der Waals surface area contributed by atoms with Crippen LogP contribution in [0.25, 0.3) is 0 Å². The van der Waals surface area contributed by atoms with Crippen LogP contribution < -0.4 is 5.32 Å². The number of allylic oxidation sites excluding steroid dienone is 1. The first-order chi connectivity index (χ1) is 22.8. The SMILES string of the molecule is C=C(C)C1CC[C@]2(CC(=O)N3CC[C@@H](NC)C3)CC[C@]3(C)[C@H](CC[C@@H]4[C@@]5(C)CC[C@H](OC(=O)CC(C)(C)C(=O)O)C(C)(C)[C@@H]5CC[C@]43C)[C@@H]12. The van der Waals surface area contributed by atoms with E-state index in [0.29, 0.717) is 48.0 Å². The van der Waals surface area contributed by atoms with Crippen molar-refractivity contribution < 1.29 is 24.2 Å². The van der Waals surface area contributed by atoms with Crippen LogP contribution in [0.2, 0.25) is 0 Å². The van der Waals surface area contributed by atoms with Gasteiger partial charge in [0, 0.05) is 31.0 Å². The van der Waals surface area contributed by atoms with Crippen LogP contribution in [-0.4, -0.2) is 60.1 Å². The molecule has 1 aliphatic heterocycles. The first kappa shape index (κ1) is 36.9. The second kappa shape index (κ2) is 12.4. The molecule has 49 heavy (non-hydrogen) atoms. The molecule has 1 unspecified atom stereocenters. The number of fused-ring (bicyclic) bond motifs is 7. The van der Waals surface area contributed by atoms with Crippen molar-refractivity contribution in [2.24, 2.45) is 62.1 Å². The van der Waals surface area contributed by atoms with Crippen molar-refractivity contribution >= 4 is 17.8 Å².